The molecule has 0 saturated carbocycles. The molecule has 0 amide bonds. The standard InChI is InChI=1S/C16H15ClN4O/c1-22-13-8-4-11(5-9-13)15-19-16(21-20-15)14(18)10-2-6-12(17)7-3-10/h2-9,14H,18H2,1H3,(H,19,20,21)/t14-/m1/s1. The van der Waals surface area contributed by atoms with Crippen LogP contribution in [-0.2, 0) is 0 Å². The van der Waals surface area contributed by atoms with Gasteiger partial charge in [0.1, 0.15) is 11.6 Å². The van der Waals surface area contributed by atoms with Gasteiger partial charge in [0.05, 0.1) is 13.2 Å². The van der Waals surface area contributed by atoms with Crippen LogP contribution in [0.1, 0.15) is 17.4 Å². The highest BCUT2D eigenvalue weighted by molar-refractivity contribution is 6.30. The second-order valence-corrected chi connectivity index (χ2v) is 5.24. The van der Waals surface area contributed by atoms with E-state index in [-0.39, 0.29) is 6.04 Å². The number of rotatable bonds is 4. The lowest BCUT2D eigenvalue weighted by Crippen LogP contribution is -2.13. The minimum absolute atomic E-state index is 0.378. The summed E-state index contributed by atoms with van der Waals surface area (Å²) < 4.78 is 5.14. The van der Waals surface area contributed by atoms with Crippen LogP contribution in [0.3, 0.4) is 0 Å². The Bertz CT molecular complexity index is 753. The molecule has 0 radical (unpaired) electrons. The largest absolute Gasteiger partial charge is 0.497 e. The number of nitrogens with one attached hydrogen (secondary N) is 1. The summed E-state index contributed by atoms with van der Waals surface area (Å²) in [7, 11) is 1.63. The minimum Gasteiger partial charge on any atom is -0.497 e. The van der Waals surface area contributed by atoms with Gasteiger partial charge in [-0.2, -0.15) is 5.10 Å². The van der Waals surface area contributed by atoms with Crippen molar-refractivity contribution in [3.05, 3.63) is 64.9 Å². The van der Waals surface area contributed by atoms with Crippen molar-refractivity contribution >= 4 is 11.6 Å². The Hall–Kier alpha value is -2.37. The highest BCUT2D eigenvalue weighted by Gasteiger charge is 2.14. The average Bonchev–Trinajstić information content (AvgIpc) is 3.05. The van der Waals surface area contributed by atoms with Crippen molar-refractivity contribution in [1.29, 1.82) is 0 Å². The van der Waals surface area contributed by atoms with E-state index in [1.165, 1.54) is 0 Å². The Kier molecular flexibility index (Phi) is 4.09. The SMILES string of the molecule is COc1ccc(-c2n[nH]c([C@H](N)c3ccc(Cl)cc3)n2)cc1. The number of H-pyrrole nitrogens is 1. The molecule has 3 N–H and O–H groups in total. The lowest BCUT2D eigenvalue weighted by molar-refractivity contribution is 0.415. The second kappa shape index (κ2) is 6.17. The molecule has 0 aliphatic rings. The van der Waals surface area contributed by atoms with Crippen molar-refractivity contribution in [3.63, 3.8) is 0 Å². The third-order valence-corrected chi connectivity index (χ3v) is 3.63. The number of hydrogen-bond donors (Lipinski definition) is 2. The molecule has 0 fully saturated rings. The van der Waals surface area contributed by atoms with Gasteiger partial charge in [-0.3, -0.25) is 5.10 Å². The van der Waals surface area contributed by atoms with Crippen LogP contribution in [0, 0.1) is 0 Å². The summed E-state index contributed by atoms with van der Waals surface area (Å²) in [6.07, 6.45) is 0. The first-order chi connectivity index (χ1) is 10.7. The van der Waals surface area contributed by atoms with E-state index >= 15 is 0 Å². The number of aromatic amines is 1. The van der Waals surface area contributed by atoms with Gasteiger partial charge in [-0.05, 0) is 42.0 Å². The molecule has 1 atom stereocenters. The van der Waals surface area contributed by atoms with E-state index in [1.54, 1.807) is 19.2 Å². The molecule has 3 rings (SSSR count). The number of halogens is 1. The number of methoxy groups -OCH3 is 1. The Morgan fingerprint density at radius 1 is 1.09 bits per heavy atom. The molecule has 0 saturated heterocycles. The first-order valence-electron chi connectivity index (χ1n) is 6.75. The van der Waals surface area contributed by atoms with E-state index in [2.05, 4.69) is 15.2 Å². The quantitative estimate of drug-likeness (QED) is 0.775. The van der Waals surface area contributed by atoms with Crippen LogP contribution in [0.15, 0.2) is 48.5 Å². The van der Waals surface area contributed by atoms with E-state index in [9.17, 15) is 0 Å². The van der Waals surface area contributed by atoms with Crippen molar-refractivity contribution in [3.8, 4) is 17.1 Å². The Balaban J connectivity index is 1.84. The third kappa shape index (κ3) is 2.95. The molecule has 6 heteroatoms. The van der Waals surface area contributed by atoms with Crippen LogP contribution in [0.4, 0.5) is 0 Å². The molecule has 3 aromatic rings. The molecule has 112 valence electrons. The first kappa shape index (κ1) is 14.6. The Morgan fingerprint density at radius 2 is 1.77 bits per heavy atom. The molecule has 0 aliphatic carbocycles. The van der Waals surface area contributed by atoms with Gasteiger partial charge in [0, 0.05) is 10.6 Å². The average molecular weight is 315 g/mol. The summed E-state index contributed by atoms with van der Waals surface area (Å²) in [5.74, 6) is 1.99. The number of benzene rings is 2. The lowest BCUT2D eigenvalue weighted by atomic mass is 10.1. The van der Waals surface area contributed by atoms with Crippen LogP contribution in [0.2, 0.25) is 5.02 Å². The number of ether oxygens (including phenoxy) is 1. The van der Waals surface area contributed by atoms with Crippen molar-refractivity contribution in [2.24, 2.45) is 5.73 Å². The first-order valence-corrected chi connectivity index (χ1v) is 7.13. The Labute approximate surface area is 133 Å². The maximum atomic E-state index is 6.21. The van der Waals surface area contributed by atoms with E-state index in [4.69, 9.17) is 22.1 Å². The van der Waals surface area contributed by atoms with Gasteiger partial charge < -0.3 is 10.5 Å². The summed E-state index contributed by atoms with van der Waals surface area (Å²) in [5.41, 5.74) is 8.02. The predicted octanol–water partition coefficient (Wildman–Crippen LogP) is 3.18. The fourth-order valence-electron chi connectivity index (χ4n) is 2.11. The van der Waals surface area contributed by atoms with Gasteiger partial charge in [-0.25, -0.2) is 4.98 Å². The molecule has 0 aliphatic heterocycles. The van der Waals surface area contributed by atoms with Crippen LogP contribution < -0.4 is 10.5 Å². The van der Waals surface area contributed by atoms with Crippen LogP contribution >= 0.6 is 11.6 Å². The van der Waals surface area contributed by atoms with E-state index < -0.39 is 0 Å². The summed E-state index contributed by atoms with van der Waals surface area (Å²) in [6.45, 7) is 0. The molecule has 0 spiro atoms. The van der Waals surface area contributed by atoms with Crippen molar-refractivity contribution < 1.29 is 4.74 Å². The zero-order valence-electron chi connectivity index (χ0n) is 12.0. The van der Waals surface area contributed by atoms with Gasteiger partial charge in [-0.1, -0.05) is 23.7 Å². The van der Waals surface area contributed by atoms with E-state index in [0.29, 0.717) is 16.7 Å². The maximum absolute atomic E-state index is 6.21. The number of hydrogen-bond acceptors (Lipinski definition) is 4. The zero-order valence-corrected chi connectivity index (χ0v) is 12.7. The van der Waals surface area contributed by atoms with Crippen LogP contribution in [0.25, 0.3) is 11.4 Å². The monoisotopic (exact) mass is 314 g/mol. The molecule has 1 heterocycles. The molecule has 5 nitrogen and oxygen atoms in total. The number of nitrogens with zero attached hydrogens (tertiary/aromatic N) is 2. The molecule has 1 aromatic heterocycles. The van der Waals surface area contributed by atoms with Crippen molar-refractivity contribution in [1.82, 2.24) is 15.2 Å². The Morgan fingerprint density at radius 3 is 2.41 bits per heavy atom. The summed E-state index contributed by atoms with van der Waals surface area (Å²) in [5, 5.41) is 7.79. The smallest absolute Gasteiger partial charge is 0.181 e. The van der Waals surface area contributed by atoms with Crippen molar-refractivity contribution in [2.75, 3.05) is 7.11 Å². The van der Waals surface area contributed by atoms with Crippen LogP contribution in [0.5, 0.6) is 5.75 Å². The second-order valence-electron chi connectivity index (χ2n) is 4.80. The topological polar surface area (TPSA) is 76.8 Å². The highest BCUT2D eigenvalue weighted by atomic mass is 35.5. The fourth-order valence-corrected chi connectivity index (χ4v) is 2.24. The molecule has 2 aromatic carbocycles. The predicted molar refractivity (Wildman–Crippen MR) is 85.9 cm³/mol. The summed E-state index contributed by atoms with van der Waals surface area (Å²) in [4.78, 5) is 4.47. The fraction of sp³-hybridized carbons (Fsp3) is 0.125. The summed E-state index contributed by atoms with van der Waals surface area (Å²) >= 11 is 5.88. The van der Waals surface area contributed by atoms with Gasteiger partial charge >= 0.3 is 0 Å². The number of aromatic nitrogens is 3. The normalized spacial score (nSPS) is 12.1. The van der Waals surface area contributed by atoms with Gasteiger partial charge in [0.15, 0.2) is 5.82 Å². The number of nitrogens with two attached hydrogens (primary N) is 1. The lowest BCUT2D eigenvalue weighted by Gasteiger charge is -2.08. The molecule has 0 bridgehead atoms. The molecular formula is C16H15ClN4O. The minimum atomic E-state index is -0.378. The van der Waals surface area contributed by atoms with E-state index in [0.717, 1.165) is 16.9 Å². The van der Waals surface area contributed by atoms with E-state index in [1.807, 2.05) is 36.4 Å². The van der Waals surface area contributed by atoms with Gasteiger partial charge in [0.25, 0.3) is 0 Å². The maximum Gasteiger partial charge on any atom is 0.181 e. The van der Waals surface area contributed by atoms with Crippen molar-refractivity contribution in [2.45, 2.75) is 6.04 Å². The third-order valence-electron chi connectivity index (χ3n) is 3.37. The van der Waals surface area contributed by atoms with Crippen LogP contribution in [-0.4, -0.2) is 22.3 Å². The molecule has 0 unspecified atom stereocenters. The molecule has 22 heavy (non-hydrogen) atoms. The molecular weight excluding hydrogens is 300 g/mol. The highest BCUT2D eigenvalue weighted by Crippen LogP contribution is 2.22. The zero-order chi connectivity index (χ0) is 15.5. The van der Waals surface area contributed by atoms with Gasteiger partial charge in [0.2, 0.25) is 0 Å². The summed E-state index contributed by atoms with van der Waals surface area (Å²) in [6, 6.07) is 14.5. The van der Waals surface area contributed by atoms with Gasteiger partial charge in [-0.15, -0.1) is 0 Å².